The Morgan fingerprint density at radius 3 is 1.93 bits per heavy atom. The number of carbonyl (C=O) groups excluding carboxylic acids is 2. The van der Waals surface area contributed by atoms with Gasteiger partial charge < -0.3 is 19.9 Å². The minimum Gasteiger partial charge on any atom is -0.497 e. The number of methoxy groups -OCH3 is 1. The highest BCUT2D eigenvalue weighted by Crippen LogP contribution is 2.27. The van der Waals surface area contributed by atoms with Gasteiger partial charge in [-0.1, -0.05) is 126 Å². The normalized spacial score (nSPS) is 12.4. The second-order valence-corrected chi connectivity index (χ2v) is 15.6. The highest BCUT2D eigenvalue weighted by molar-refractivity contribution is 5.98. The van der Waals surface area contributed by atoms with Crippen molar-refractivity contribution >= 4 is 17.7 Å². The number of hydrogen-bond acceptors (Lipinski definition) is 7. The molecule has 2 N–H and O–H groups in total. The maximum Gasteiger partial charge on any atom is 0.305 e. The zero-order valence-corrected chi connectivity index (χ0v) is 33.8. The van der Waals surface area contributed by atoms with Crippen LogP contribution in [0.25, 0.3) is 22.5 Å². The van der Waals surface area contributed by atoms with Crippen molar-refractivity contribution in [1.29, 1.82) is 0 Å². The Hall–Kier alpha value is -5.83. The standard InChI is InChI=1S/C48H55N3O6/c1-6-7-8-9-10-27-57-42-25-17-34(18-26-42)39-31-49-46(50-32-39)37-13-11-33(12-14-37)28-38(29-44(52)36-15-21-40(22-16-36)48(2,3)4)47(55)51-43(30-45(53)54)35-19-23-41(56-5)24-20-35/h11-26,31-32,38,43H,6-10,27-30H2,1-5H3,(H,51,55)(H,53,54)/t38-,43?/m1/s1. The van der Waals surface area contributed by atoms with E-state index in [2.05, 4.69) is 43.0 Å². The molecule has 0 radical (unpaired) electrons. The number of ether oxygens (including phenoxy) is 2. The molecule has 0 aliphatic heterocycles. The maximum atomic E-state index is 14.0. The number of aliphatic carboxylic acids is 1. The molecule has 4 aromatic carbocycles. The number of nitrogens with zero attached hydrogens (tertiary/aromatic N) is 2. The molecule has 298 valence electrons. The van der Waals surface area contributed by atoms with Crippen LogP contribution in [0.5, 0.6) is 11.5 Å². The third-order valence-electron chi connectivity index (χ3n) is 10.1. The molecule has 0 aliphatic carbocycles. The third kappa shape index (κ3) is 12.6. The van der Waals surface area contributed by atoms with E-state index in [0.717, 1.165) is 46.6 Å². The Bertz CT molecular complexity index is 2040. The van der Waals surface area contributed by atoms with E-state index in [1.54, 1.807) is 43.8 Å². The Balaban J connectivity index is 1.29. The number of carboxylic acids is 1. The zero-order chi connectivity index (χ0) is 40.8. The lowest BCUT2D eigenvalue weighted by atomic mass is 9.85. The number of Topliss-reactive ketones (excluding diaryl/α,β-unsaturated/α-hetero) is 1. The van der Waals surface area contributed by atoms with Gasteiger partial charge in [-0.05, 0) is 64.8 Å². The fourth-order valence-electron chi connectivity index (χ4n) is 6.65. The largest absolute Gasteiger partial charge is 0.497 e. The Kier molecular flexibility index (Phi) is 15.1. The second-order valence-electron chi connectivity index (χ2n) is 15.6. The van der Waals surface area contributed by atoms with Gasteiger partial charge in [0.25, 0.3) is 0 Å². The highest BCUT2D eigenvalue weighted by Gasteiger charge is 2.27. The van der Waals surface area contributed by atoms with Crippen molar-refractivity contribution in [3.8, 4) is 34.0 Å². The lowest BCUT2D eigenvalue weighted by molar-refractivity contribution is -0.138. The Morgan fingerprint density at radius 2 is 1.33 bits per heavy atom. The molecule has 5 aromatic rings. The molecular weight excluding hydrogens is 715 g/mol. The van der Waals surface area contributed by atoms with Crippen LogP contribution in [-0.4, -0.2) is 46.5 Å². The molecule has 0 saturated heterocycles. The van der Waals surface area contributed by atoms with Crippen molar-refractivity contribution in [3.05, 3.63) is 132 Å². The number of benzene rings is 4. The predicted molar refractivity (Wildman–Crippen MR) is 225 cm³/mol. The van der Waals surface area contributed by atoms with Gasteiger partial charge >= 0.3 is 5.97 Å². The molecule has 1 heterocycles. The van der Waals surface area contributed by atoms with E-state index in [9.17, 15) is 19.5 Å². The average molecular weight is 770 g/mol. The number of aromatic nitrogens is 2. The van der Waals surface area contributed by atoms with E-state index in [1.807, 2.05) is 72.8 Å². The van der Waals surface area contributed by atoms with E-state index in [4.69, 9.17) is 9.47 Å². The van der Waals surface area contributed by atoms with Gasteiger partial charge in [-0.3, -0.25) is 14.4 Å². The van der Waals surface area contributed by atoms with Crippen molar-refractivity contribution in [2.75, 3.05) is 13.7 Å². The minimum absolute atomic E-state index is 0.0540. The van der Waals surface area contributed by atoms with Gasteiger partial charge in [-0.2, -0.15) is 0 Å². The molecule has 0 fully saturated rings. The minimum atomic E-state index is -1.06. The molecule has 0 aliphatic rings. The predicted octanol–water partition coefficient (Wildman–Crippen LogP) is 10.2. The van der Waals surface area contributed by atoms with Crippen LogP contribution < -0.4 is 14.8 Å². The van der Waals surface area contributed by atoms with Crippen LogP contribution in [-0.2, 0) is 21.4 Å². The lowest BCUT2D eigenvalue weighted by Gasteiger charge is -2.23. The van der Waals surface area contributed by atoms with E-state index >= 15 is 0 Å². The number of ketones is 1. The van der Waals surface area contributed by atoms with E-state index in [1.165, 1.54) is 25.7 Å². The summed E-state index contributed by atoms with van der Waals surface area (Å²) in [6.07, 6.45) is 9.48. The molecule has 0 spiro atoms. The van der Waals surface area contributed by atoms with E-state index < -0.39 is 23.8 Å². The fraction of sp³-hybridized carbons (Fsp3) is 0.354. The van der Waals surface area contributed by atoms with Gasteiger partial charge in [0.1, 0.15) is 11.5 Å². The summed E-state index contributed by atoms with van der Waals surface area (Å²) in [5, 5.41) is 12.7. The Morgan fingerprint density at radius 1 is 0.719 bits per heavy atom. The zero-order valence-electron chi connectivity index (χ0n) is 33.8. The first-order valence-corrected chi connectivity index (χ1v) is 19.9. The number of nitrogens with one attached hydrogen (secondary N) is 1. The van der Waals surface area contributed by atoms with Gasteiger partial charge in [0.2, 0.25) is 5.91 Å². The van der Waals surface area contributed by atoms with Crippen LogP contribution in [0.4, 0.5) is 0 Å². The fourth-order valence-corrected chi connectivity index (χ4v) is 6.65. The average Bonchev–Trinajstić information content (AvgIpc) is 3.21. The van der Waals surface area contributed by atoms with Crippen LogP contribution in [0.15, 0.2) is 109 Å². The van der Waals surface area contributed by atoms with Crippen LogP contribution in [0.1, 0.15) is 106 Å². The lowest BCUT2D eigenvalue weighted by Crippen LogP contribution is -2.37. The molecule has 2 atom stereocenters. The molecular formula is C48H55N3O6. The molecule has 1 amide bonds. The third-order valence-corrected chi connectivity index (χ3v) is 10.1. The van der Waals surface area contributed by atoms with E-state index in [-0.39, 0.29) is 30.5 Å². The summed E-state index contributed by atoms with van der Waals surface area (Å²) in [6, 6.07) is 29.3. The van der Waals surface area contributed by atoms with Crippen LogP contribution in [0.3, 0.4) is 0 Å². The van der Waals surface area contributed by atoms with Crippen molar-refractivity contribution in [2.24, 2.45) is 5.92 Å². The summed E-state index contributed by atoms with van der Waals surface area (Å²) < 4.78 is 11.2. The summed E-state index contributed by atoms with van der Waals surface area (Å²) in [5.74, 6) is -0.362. The number of carboxylic acid groups (broad SMARTS) is 1. The highest BCUT2D eigenvalue weighted by atomic mass is 16.5. The molecule has 1 aromatic heterocycles. The number of unbranched alkanes of at least 4 members (excludes halogenated alkanes) is 4. The topological polar surface area (TPSA) is 128 Å². The number of carbonyl (C=O) groups is 3. The Labute approximate surface area is 336 Å². The molecule has 5 rings (SSSR count). The smallest absolute Gasteiger partial charge is 0.305 e. The first-order chi connectivity index (χ1) is 27.4. The van der Waals surface area contributed by atoms with Crippen molar-refractivity contribution in [3.63, 3.8) is 0 Å². The SMILES string of the molecule is CCCCCCCOc1ccc(-c2cnc(-c3ccc(C[C@H](CC(=O)c4ccc(C(C)(C)C)cc4)C(=O)NC(CC(=O)O)c4ccc(OC)cc4)cc3)nc2)cc1. The number of hydrogen-bond donors (Lipinski definition) is 2. The first kappa shape index (κ1) is 42.3. The number of rotatable bonds is 20. The molecule has 57 heavy (non-hydrogen) atoms. The van der Waals surface area contributed by atoms with Gasteiger partial charge in [0.15, 0.2) is 11.6 Å². The summed E-state index contributed by atoms with van der Waals surface area (Å²) in [6.45, 7) is 9.27. The van der Waals surface area contributed by atoms with Crippen molar-refractivity contribution in [1.82, 2.24) is 15.3 Å². The number of amides is 1. The van der Waals surface area contributed by atoms with Gasteiger partial charge in [-0.25, -0.2) is 9.97 Å². The van der Waals surface area contributed by atoms with Crippen LogP contribution in [0.2, 0.25) is 0 Å². The molecule has 9 heteroatoms. The van der Waals surface area contributed by atoms with Crippen molar-refractivity contribution in [2.45, 2.75) is 90.5 Å². The molecule has 1 unspecified atom stereocenters. The summed E-state index contributed by atoms with van der Waals surface area (Å²) in [5.41, 5.74) is 5.71. The van der Waals surface area contributed by atoms with Crippen LogP contribution >= 0.6 is 0 Å². The quantitative estimate of drug-likeness (QED) is 0.0592. The summed E-state index contributed by atoms with van der Waals surface area (Å²) in [7, 11) is 1.55. The molecule has 0 saturated carbocycles. The van der Waals surface area contributed by atoms with Crippen LogP contribution in [0, 0.1) is 5.92 Å². The molecule has 9 nitrogen and oxygen atoms in total. The van der Waals surface area contributed by atoms with Gasteiger partial charge in [0, 0.05) is 41.4 Å². The van der Waals surface area contributed by atoms with E-state index in [0.29, 0.717) is 22.7 Å². The van der Waals surface area contributed by atoms with Gasteiger partial charge in [-0.15, -0.1) is 0 Å². The maximum absolute atomic E-state index is 14.0. The summed E-state index contributed by atoms with van der Waals surface area (Å²) in [4.78, 5) is 48.8. The molecule has 0 bridgehead atoms. The second kappa shape index (κ2) is 20.4. The monoisotopic (exact) mass is 769 g/mol. The first-order valence-electron chi connectivity index (χ1n) is 19.9. The summed E-state index contributed by atoms with van der Waals surface area (Å²) >= 11 is 0. The van der Waals surface area contributed by atoms with Gasteiger partial charge in [0.05, 0.1) is 26.2 Å². The van der Waals surface area contributed by atoms with Crippen molar-refractivity contribution < 1.29 is 29.0 Å².